The van der Waals surface area contributed by atoms with Gasteiger partial charge in [0.15, 0.2) is 16.6 Å². The molecular weight excluding hydrogens is 422 g/mol. The van der Waals surface area contributed by atoms with Crippen LogP contribution in [0, 0.1) is 6.92 Å². The molecule has 0 aliphatic rings. The number of carbonyl (C=O) groups is 1. The second-order valence-corrected chi connectivity index (χ2v) is 8.51. The van der Waals surface area contributed by atoms with Gasteiger partial charge in [-0.3, -0.25) is 10.1 Å². The summed E-state index contributed by atoms with van der Waals surface area (Å²) in [5, 5.41) is 4.09. The molecule has 0 fully saturated rings. The summed E-state index contributed by atoms with van der Waals surface area (Å²) in [6, 6.07) is 11.4. The van der Waals surface area contributed by atoms with Crippen molar-refractivity contribution in [2.24, 2.45) is 0 Å². The van der Waals surface area contributed by atoms with Crippen LogP contribution in [0.1, 0.15) is 15.4 Å². The van der Waals surface area contributed by atoms with Gasteiger partial charge < -0.3 is 14.2 Å². The van der Waals surface area contributed by atoms with E-state index < -0.39 is 0 Å². The van der Waals surface area contributed by atoms with Crippen LogP contribution in [0.5, 0.6) is 17.2 Å². The smallest absolute Gasteiger partial charge is 0.277 e. The lowest BCUT2D eigenvalue weighted by Gasteiger charge is -2.13. The number of hydrogen-bond donors (Lipinski definition) is 1. The summed E-state index contributed by atoms with van der Waals surface area (Å²) in [5.41, 5.74) is 1.99. The lowest BCUT2D eigenvalue weighted by Crippen LogP contribution is -2.13. The fourth-order valence-corrected chi connectivity index (χ4v) is 4.78. The molecule has 1 amide bonds. The van der Waals surface area contributed by atoms with Crippen LogP contribution >= 0.6 is 22.7 Å². The standard InChI is InChI=1S/C21H19N3O4S2/c1-11-17(19(25)24-21-22-13-7-5-6-8-16(13)30-21)23-20(29-11)12-9-14(26-2)18(28-4)15(10-12)27-3/h5-10H,1-4H3,(H,22,24,25). The number of fused-ring (bicyclic) bond motifs is 1. The Morgan fingerprint density at radius 2 is 1.67 bits per heavy atom. The van der Waals surface area contributed by atoms with Gasteiger partial charge in [0.1, 0.15) is 10.7 Å². The average molecular weight is 442 g/mol. The maximum atomic E-state index is 12.8. The number of amides is 1. The second-order valence-electron chi connectivity index (χ2n) is 6.28. The molecule has 7 nitrogen and oxygen atoms in total. The Kier molecular flexibility index (Phi) is 5.56. The Balaban J connectivity index is 1.65. The summed E-state index contributed by atoms with van der Waals surface area (Å²) in [5.74, 6) is 1.27. The third kappa shape index (κ3) is 3.69. The highest BCUT2D eigenvalue weighted by Crippen LogP contribution is 2.42. The van der Waals surface area contributed by atoms with Gasteiger partial charge in [-0.25, -0.2) is 9.97 Å². The molecule has 2 aromatic carbocycles. The number of ether oxygens (including phenoxy) is 3. The molecule has 154 valence electrons. The van der Waals surface area contributed by atoms with Crippen molar-refractivity contribution in [1.82, 2.24) is 9.97 Å². The van der Waals surface area contributed by atoms with Gasteiger partial charge in [0, 0.05) is 10.4 Å². The van der Waals surface area contributed by atoms with Crippen molar-refractivity contribution in [2.45, 2.75) is 6.92 Å². The van der Waals surface area contributed by atoms with Crippen LogP contribution in [0.4, 0.5) is 5.13 Å². The summed E-state index contributed by atoms with van der Waals surface area (Å²) in [6.07, 6.45) is 0. The van der Waals surface area contributed by atoms with Gasteiger partial charge in [0.2, 0.25) is 5.75 Å². The zero-order valence-corrected chi connectivity index (χ0v) is 18.4. The summed E-state index contributed by atoms with van der Waals surface area (Å²) in [4.78, 5) is 22.7. The molecule has 0 spiro atoms. The first kappa shape index (κ1) is 20.1. The van der Waals surface area contributed by atoms with Crippen molar-refractivity contribution in [3.63, 3.8) is 0 Å². The average Bonchev–Trinajstić information content (AvgIpc) is 3.35. The molecule has 9 heteroatoms. The minimum atomic E-state index is -0.290. The van der Waals surface area contributed by atoms with Crippen LogP contribution in [0.3, 0.4) is 0 Å². The van der Waals surface area contributed by atoms with E-state index in [4.69, 9.17) is 14.2 Å². The highest BCUT2D eigenvalue weighted by atomic mass is 32.1. The molecule has 0 aliphatic heterocycles. The quantitative estimate of drug-likeness (QED) is 0.453. The first-order chi connectivity index (χ1) is 14.5. The van der Waals surface area contributed by atoms with Crippen molar-refractivity contribution in [2.75, 3.05) is 26.6 Å². The van der Waals surface area contributed by atoms with Crippen molar-refractivity contribution >= 4 is 43.9 Å². The van der Waals surface area contributed by atoms with E-state index in [1.165, 1.54) is 22.7 Å². The molecule has 1 N–H and O–H groups in total. The second kappa shape index (κ2) is 8.29. The van der Waals surface area contributed by atoms with Gasteiger partial charge in [-0.1, -0.05) is 23.5 Å². The van der Waals surface area contributed by atoms with Gasteiger partial charge in [-0.15, -0.1) is 11.3 Å². The van der Waals surface area contributed by atoms with E-state index >= 15 is 0 Å². The molecule has 0 radical (unpaired) electrons. The summed E-state index contributed by atoms with van der Waals surface area (Å²) >= 11 is 2.85. The number of nitrogens with zero attached hydrogens (tertiary/aromatic N) is 2. The zero-order valence-electron chi connectivity index (χ0n) is 16.8. The number of benzene rings is 2. The zero-order chi connectivity index (χ0) is 21.3. The predicted octanol–water partition coefficient (Wildman–Crippen LogP) is 5.01. The maximum Gasteiger partial charge on any atom is 0.277 e. The predicted molar refractivity (Wildman–Crippen MR) is 120 cm³/mol. The number of aromatic nitrogens is 2. The molecule has 30 heavy (non-hydrogen) atoms. The molecule has 0 saturated carbocycles. The Morgan fingerprint density at radius 3 is 2.30 bits per heavy atom. The number of nitrogens with one attached hydrogen (secondary N) is 1. The topological polar surface area (TPSA) is 82.6 Å². The minimum absolute atomic E-state index is 0.290. The lowest BCUT2D eigenvalue weighted by molar-refractivity contribution is 0.102. The normalized spacial score (nSPS) is 10.8. The van der Waals surface area contributed by atoms with Gasteiger partial charge in [-0.2, -0.15) is 0 Å². The van der Waals surface area contributed by atoms with Gasteiger partial charge in [-0.05, 0) is 31.2 Å². The number of anilines is 1. The molecule has 4 rings (SSSR count). The van der Waals surface area contributed by atoms with Gasteiger partial charge >= 0.3 is 0 Å². The van der Waals surface area contributed by atoms with Gasteiger partial charge in [0.05, 0.1) is 31.5 Å². The van der Waals surface area contributed by atoms with Crippen LogP contribution in [0.25, 0.3) is 20.8 Å². The fourth-order valence-electron chi connectivity index (χ4n) is 3.02. The number of methoxy groups -OCH3 is 3. The van der Waals surface area contributed by atoms with Crippen molar-refractivity contribution in [3.05, 3.63) is 47.0 Å². The third-order valence-electron chi connectivity index (χ3n) is 4.44. The van der Waals surface area contributed by atoms with Gasteiger partial charge in [0.25, 0.3) is 5.91 Å². The van der Waals surface area contributed by atoms with Crippen molar-refractivity contribution in [1.29, 1.82) is 0 Å². The van der Waals surface area contributed by atoms with Crippen LogP contribution in [-0.4, -0.2) is 37.2 Å². The lowest BCUT2D eigenvalue weighted by atomic mass is 10.2. The number of rotatable bonds is 6. The third-order valence-corrected chi connectivity index (χ3v) is 6.41. The Morgan fingerprint density at radius 1 is 0.967 bits per heavy atom. The van der Waals surface area contributed by atoms with Crippen LogP contribution in [0.2, 0.25) is 0 Å². The van der Waals surface area contributed by atoms with Crippen molar-refractivity contribution < 1.29 is 19.0 Å². The summed E-state index contributed by atoms with van der Waals surface area (Å²) < 4.78 is 17.2. The minimum Gasteiger partial charge on any atom is -0.493 e. The Labute approximate surface area is 181 Å². The first-order valence-corrected chi connectivity index (χ1v) is 10.6. The van der Waals surface area contributed by atoms with E-state index in [9.17, 15) is 4.79 Å². The number of thiazole rings is 2. The monoisotopic (exact) mass is 441 g/mol. The molecule has 0 unspecified atom stereocenters. The molecule has 0 atom stereocenters. The molecule has 2 heterocycles. The number of aryl methyl sites for hydroxylation is 1. The molecular formula is C21H19N3O4S2. The first-order valence-electron chi connectivity index (χ1n) is 8.98. The van der Waals surface area contributed by atoms with E-state index in [1.807, 2.05) is 43.3 Å². The molecule has 0 saturated heterocycles. The number of carbonyl (C=O) groups excluding carboxylic acids is 1. The van der Waals surface area contributed by atoms with E-state index in [1.54, 1.807) is 21.3 Å². The van der Waals surface area contributed by atoms with Crippen LogP contribution < -0.4 is 19.5 Å². The van der Waals surface area contributed by atoms with Crippen molar-refractivity contribution in [3.8, 4) is 27.8 Å². The number of hydrogen-bond acceptors (Lipinski definition) is 8. The van der Waals surface area contributed by atoms with E-state index in [0.717, 1.165) is 20.7 Å². The Hall–Kier alpha value is -3.17. The molecule has 4 aromatic rings. The fraction of sp³-hybridized carbons (Fsp3) is 0.190. The Bertz CT molecular complexity index is 1170. The number of para-hydroxylation sites is 1. The molecule has 0 aliphatic carbocycles. The van der Waals surface area contributed by atoms with E-state index in [0.29, 0.717) is 33.1 Å². The van der Waals surface area contributed by atoms with Crippen LogP contribution in [0.15, 0.2) is 36.4 Å². The molecule has 0 bridgehead atoms. The van der Waals surface area contributed by atoms with Crippen LogP contribution in [-0.2, 0) is 0 Å². The maximum absolute atomic E-state index is 12.8. The van der Waals surface area contributed by atoms with E-state index in [-0.39, 0.29) is 5.91 Å². The largest absolute Gasteiger partial charge is 0.493 e. The molecule has 2 aromatic heterocycles. The summed E-state index contributed by atoms with van der Waals surface area (Å²) in [7, 11) is 4.67. The highest BCUT2D eigenvalue weighted by Gasteiger charge is 2.20. The summed E-state index contributed by atoms with van der Waals surface area (Å²) in [6.45, 7) is 1.87. The SMILES string of the molecule is COc1cc(-c2nc(C(=O)Nc3nc4ccccc4s3)c(C)s2)cc(OC)c1OC. The van der Waals surface area contributed by atoms with E-state index in [2.05, 4.69) is 15.3 Å². The highest BCUT2D eigenvalue weighted by molar-refractivity contribution is 7.22.